The topological polar surface area (TPSA) is 69.7 Å². The second-order valence-electron chi connectivity index (χ2n) is 7.46. The number of thiazole rings is 1. The first kappa shape index (κ1) is 25.5. The highest BCUT2D eigenvalue weighted by molar-refractivity contribution is 7.17. The molecule has 1 heterocycles. The summed E-state index contributed by atoms with van der Waals surface area (Å²) < 4.78 is 54.4. The molecule has 0 aliphatic rings. The fourth-order valence-corrected chi connectivity index (χ4v) is 4.16. The van der Waals surface area contributed by atoms with Gasteiger partial charge >= 0.3 is 6.18 Å². The minimum absolute atomic E-state index is 0.319. The SMILES string of the molecule is COCCOc1ccc(C(C)NC(=O)c2sc(-c3ccc(C(F)(F)F)cc3)nc2C)cc1OC. The number of carbonyl (C=O) groups excluding carboxylic acids is 1. The first-order valence-corrected chi connectivity index (χ1v) is 11.2. The molecular formula is C24H25F3N2O4S. The Hall–Kier alpha value is -3.11. The van der Waals surface area contributed by atoms with Crippen molar-refractivity contribution in [3.63, 3.8) is 0 Å². The molecule has 3 aromatic rings. The maximum atomic E-state index is 12.9. The number of methoxy groups -OCH3 is 2. The molecule has 6 nitrogen and oxygen atoms in total. The minimum atomic E-state index is -4.41. The number of hydrogen-bond acceptors (Lipinski definition) is 6. The van der Waals surface area contributed by atoms with Crippen molar-refractivity contribution in [1.29, 1.82) is 0 Å². The van der Waals surface area contributed by atoms with Crippen molar-refractivity contribution in [1.82, 2.24) is 10.3 Å². The van der Waals surface area contributed by atoms with Gasteiger partial charge in [-0.25, -0.2) is 4.98 Å². The van der Waals surface area contributed by atoms with Crippen LogP contribution in [0.25, 0.3) is 10.6 Å². The van der Waals surface area contributed by atoms with E-state index in [1.165, 1.54) is 19.2 Å². The summed E-state index contributed by atoms with van der Waals surface area (Å²) in [6, 6.07) is 9.77. The van der Waals surface area contributed by atoms with Crippen molar-refractivity contribution in [3.8, 4) is 22.1 Å². The van der Waals surface area contributed by atoms with E-state index in [1.807, 2.05) is 13.0 Å². The van der Waals surface area contributed by atoms with Crippen LogP contribution in [-0.4, -0.2) is 38.3 Å². The number of hydrogen-bond donors (Lipinski definition) is 1. The Labute approximate surface area is 199 Å². The summed E-state index contributed by atoms with van der Waals surface area (Å²) in [5, 5.41) is 3.41. The van der Waals surface area contributed by atoms with E-state index in [9.17, 15) is 18.0 Å². The zero-order valence-electron chi connectivity index (χ0n) is 19.2. The van der Waals surface area contributed by atoms with Gasteiger partial charge in [-0.2, -0.15) is 13.2 Å². The average molecular weight is 495 g/mol. The molecule has 0 saturated carbocycles. The van der Waals surface area contributed by atoms with Crippen LogP contribution in [0.4, 0.5) is 13.2 Å². The molecular weight excluding hydrogens is 469 g/mol. The number of benzene rings is 2. The number of halogens is 3. The first-order chi connectivity index (χ1) is 16.1. The lowest BCUT2D eigenvalue weighted by atomic mass is 10.1. The van der Waals surface area contributed by atoms with Crippen LogP contribution in [0.3, 0.4) is 0 Å². The van der Waals surface area contributed by atoms with Crippen molar-refractivity contribution in [2.24, 2.45) is 0 Å². The van der Waals surface area contributed by atoms with E-state index in [0.717, 1.165) is 29.0 Å². The Morgan fingerprint density at radius 1 is 1.09 bits per heavy atom. The van der Waals surface area contributed by atoms with Gasteiger partial charge in [0.1, 0.15) is 16.5 Å². The highest BCUT2D eigenvalue weighted by atomic mass is 32.1. The summed E-state index contributed by atoms with van der Waals surface area (Å²) in [5.41, 5.74) is 1.10. The quantitative estimate of drug-likeness (QED) is 0.389. The van der Waals surface area contributed by atoms with Gasteiger partial charge in [-0.05, 0) is 43.7 Å². The van der Waals surface area contributed by atoms with Crippen molar-refractivity contribution in [2.45, 2.75) is 26.1 Å². The largest absolute Gasteiger partial charge is 0.493 e. The molecule has 0 aliphatic heterocycles. The molecule has 0 saturated heterocycles. The fourth-order valence-electron chi connectivity index (χ4n) is 3.19. The summed E-state index contributed by atoms with van der Waals surface area (Å²) in [7, 11) is 3.13. The van der Waals surface area contributed by atoms with E-state index in [1.54, 1.807) is 26.2 Å². The molecule has 34 heavy (non-hydrogen) atoms. The Kier molecular flexibility index (Phi) is 8.16. The molecule has 1 N–H and O–H groups in total. The van der Waals surface area contributed by atoms with Gasteiger partial charge in [-0.3, -0.25) is 4.79 Å². The van der Waals surface area contributed by atoms with Crippen LogP contribution in [-0.2, 0) is 10.9 Å². The van der Waals surface area contributed by atoms with Crippen molar-refractivity contribution < 1.29 is 32.2 Å². The number of nitrogens with zero attached hydrogens (tertiary/aromatic N) is 1. The lowest BCUT2D eigenvalue weighted by Gasteiger charge is -2.17. The van der Waals surface area contributed by atoms with E-state index < -0.39 is 11.7 Å². The number of nitrogens with one attached hydrogen (secondary N) is 1. The predicted molar refractivity (Wildman–Crippen MR) is 124 cm³/mol. The van der Waals surface area contributed by atoms with Crippen LogP contribution in [0.1, 0.15) is 39.5 Å². The molecule has 0 aliphatic carbocycles. The van der Waals surface area contributed by atoms with E-state index in [0.29, 0.717) is 45.9 Å². The van der Waals surface area contributed by atoms with Gasteiger partial charge in [-0.15, -0.1) is 11.3 Å². The number of aryl methyl sites for hydroxylation is 1. The second kappa shape index (κ2) is 10.9. The standard InChI is InChI=1S/C24H25F3N2O4S/c1-14(17-7-10-19(20(13-17)32-4)33-12-11-31-3)28-22(30)21-15(2)29-23(34-21)16-5-8-18(9-6-16)24(25,26)27/h5-10,13-14H,11-12H2,1-4H3,(H,28,30). The van der Waals surface area contributed by atoms with Gasteiger partial charge in [0.25, 0.3) is 5.91 Å². The number of amides is 1. The molecule has 1 atom stereocenters. The lowest BCUT2D eigenvalue weighted by Crippen LogP contribution is -2.26. The van der Waals surface area contributed by atoms with Crippen LogP contribution in [0.2, 0.25) is 0 Å². The fraction of sp³-hybridized carbons (Fsp3) is 0.333. The second-order valence-corrected chi connectivity index (χ2v) is 8.45. The molecule has 1 unspecified atom stereocenters. The maximum absolute atomic E-state index is 12.9. The smallest absolute Gasteiger partial charge is 0.416 e. The molecule has 182 valence electrons. The third-order valence-corrected chi connectivity index (χ3v) is 6.25. The number of ether oxygens (including phenoxy) is 3. The van der Waals surface area contributed by atoms with E-state index in [2.05, 4.69) is 10.3 Å². The normalized spacial score (nSPS) is 12.3. The van der Waals surface area contributed by atoms with Gasteiger partial charge in [0.05, 0.1) is 31.0 Å². The van der Waals surface area contributed by atoms with Crippen LogP contribution in [0.15, 0.2) is 42.5 Å². The average Bonchev–Trinajstić information content (AvgIpc) is 3.20. The maximum Gasteiger partial charge on any atom is 0.416 e. The van der Waals surface area contributed by atoms with Crippen LogP contribution in [0, 0.1) is 6.92 Å². The lowest BCUT2D eigenvalue weighted by molar-refractivity contribution is -0.137. The van der Waals surface area contributed by atoms with E-state index in [-0.39, 0.29) is 11.9 Å². The molecule has 1 amide bonds. The Balaban J connectivity index is 1.73. The molecule has 3 rings (SSSR count). The van der Waals surface area contributed by atoms with E-state index >= 15 is 0 Å². The molecule has 0 fully saturated rings. The number of rotatable bonds is 9. The number of alkyl halides is 3. The summed E-state index contributed by atoms with van der Waals surface area (Å²) in [5.74, 6) is 0.787. The number of aromatic nitrogens is 1. The molecule has 10 heteroatoms. The van der Waals surface area contributed by atoms with Gasteiger partial charge in [0.2, 0.25) is 0 Å². The molecule has 1 aromatic heterocycles. The van der Waals surface area contributed by atoms with Gasteiger partial charge < -0.3 is 19.5 Å². The summed E-state index contributed by atoms with van der Waals surface area (Å²) in [4.78, 5) is 17.7. The van der Waals surface area contributed by atoms with E-state index in [4.69, 9.17) is 14.2 Å². The van der Waals surface area contributed by atoms with Crippen molar-refractivity contribution >= 4 is 17.2 Å². The van der Waals surface area contributed by atoms with Gasteiger partial charge in [0, 0.05) is 12.7 Å². The summed E-state index contributed by atoms with van der Waals surface area (Å²) in [6.45, 7) is 4.36. The molecule has 0 radical (unpaired) electrons. The predicted octanol–water partition coefficient (Wildman–Crippen LogP) is 5.66. The van der Waals surface area contributed by atoms with Crippen LogP contribution < -0.4 is 14.8 Å². The summed E-state index contributed by atoms with van der Waals surface area (Å²) in [6.07, 6.45) is -4.41. The molecule has 0 bridgehead atoms. The van der Waals surface area contributed by atoms with Gasteiger partial charge in [-0.1, -0.05) is 18.2 Å². The monoisotopic (exact) mass is 494 g/mol. The zero-order valence-corrected chi connectivity index (χ0v) is 20.0. The van der Waals surface area contributed by atoms with Crippen molar-refractivity contribution in [2.75, 3.05) is 27.4 Å². The summed E-state index contributed by atoms with van der Waals surface area (Å²) >= 11 is 1.13. The van der Waals surface area contributed by atoms with Crippen LogP contribution in [0.5, 0.6) is 11.5 Å². The zero-order chi connectivity index (χ0) is 24.9. The first-order valence-electron chi connectivity index (χ1n) is 10.4. The van der Waals surface area contributed by atoms with Crippen molar-refractivity contribution in [3.05, 3.63) is 64.2 Å². The number of carbonyl (C=O) groups is 1. The minimum Gasteiger partial charge on any atom is -0.493 e. The Morgan fingerprint density at radius 2 is 1.79 bits per heavy atom. The van der Waals surface area contributed by atoms with Crippen LogP contribution >= 0.6 is 11.3 Å². The Bertz CT molecular complexity index is 1130. The third kappa shape index (κ3) is 6.06. The molecule has 0 spiro atoms. The Morgan fingerprint density at radius 3 is 2.41 bits per heavy atom. The van der Waals surface area contributed by atoms with Gasteiger partial charge in [0.15, 0.2) is 11.5 Å². The molecule has 2 aromatic carbocycles. The highest BCUT2D eigenvalue weighted by Crippen LogP contribution is 2.34. The highest BCUT2D eigenvalue weighted by Gasteiger charge is 2.30. The third-order valence-electron chi connectivity index (χ3n) is 5.04.